The molecule has 2 aromatic rings. The van der Waals surface area contributed by atoms with Gasteiger partial charge in [0, 0.05) is 29.6 Å². The normalized spacial score (nSPS) is 25.4. The molecule has 104 valence electrons. The average molecular weight is 272 g/mol. The number of rotatable bonds is 1. The van der Waals surface area contributed by atoms with Gasteiger partial charge < -0.3 is 9.72 Å². The first-order valence-electron chi connectivity index (χ1n) is 6.88. The number of nitrogens with zero attached hydrogens (tertiary/aromatic N) is 1. The number of hydroxylamine groups is 2. The van der Waals surface area contributed by atoms with Crippen LogP contribution in [0.2, 0.25) is 0 Å². The van der Waals surface area contributed by atoms with Gasteiger partial charge in [-0.05, 0) is 18.1 Å². The van der Waals surface area contributed by atoms with Crippen molar-refractivity contribution >= 4 is 16.9 Å². The molecular formula is C15H16N2O3. The van der Waals surface area contributed by atoms with Gasteiger partial charge in [0.1, 0.15) is 0 Å². The van der Waals surface area contributed by atoms with Crippen molar-refractivity contribution in [3.63, 3.8) is 0 Å². The quantitative estimate of drug-likeness (QED) is 0.806. The molecule has 5 nitrogen and oxygen atoms in total. The molecule has 0 bridgehead atoms. The summed E-state index contributed by atoms with van der Waals surface area (Å²) in [6.45, 7) is 0.813. The molecule has 5 heteroatoms. The maximum Gasteiger partial charge on any atom is 0.337 e. The fraction of sp³-hybridized carbons (Fsp3) is 0.400. The zero-order chi connectivity index (χ0) is 13.7. The molecule has 1 aromatic carbocycles. The van der Waals surface area contributed by atoms with Gasteiger partial charge in [-0.2, -0.15) is 5.06 Å². The van der Waals surface area contributed by atoms with Gasteiger partial charge >= 0.3 is 5.97 Å². The maximum atomic E-state index is 11.7. The van der Waals surface area contributed by atoms with Gasteiger partial charge in [-0.3, -0.25) is 4.84 Å². The number of carbonyl (C=O) groups excluding carboxylic acids is 1. The van der Waals surface area contributed by atoms with Crippen molar-refractivity contribution in [2.75, 3.05) is 13.7 Å². The first kappa shape index (κ1) is 11.9. The van der Waals surface area contributed by atoms with Gasteiger partial charge in [0.25, 0.3) is 0 Å². The Hall–Kier alpha value is -1.85. The van der Waals surface area contributed by atoms with Crippen LogP contribution in [0.25, 0.3) is 10.9 Å². The number of carbonyl (C=O) groups is 1. The van der Waals surface area contributed by atoms with Crippen LogP contribution in [-0.2, 0) is 20.8 Å². The second kappa shape index (κ2) is 4.33. The number of H-pyrrole nitrogens is 1. The molecule has 0 amide bonds. The Kier molecular flexibility index (Phi) is 2.58. The van der Waals surface area contributed by atoms with E-state index in [9.17, 15) is 4.79 Å². The van der Waals surface area contributed by atoms with Crippen LogP contribution >= 0.6 is 0 Å². The van der Waals surface area contributed by atoms with Crippen LogP contribution in [0.1, 0.15) is 23.7 Å². The van der Waals surface area contributed by atoms with E-state index in [-0.39, 0.29) is 12.0 Å². The summed E-state index contributed by atoms with van der Waals surface area (Å²) in [5.41, 5.74) is 3.70. The van der Waals surface area contributed by atoms with Gasteiger partial charge in [-0.1, -0.05) is 18.2 Å². The van der Waals surface area contributed by atoms with Gasteiger partial charge in [0.05, 0.1) is 13.2 Å². The molecule has 2 atom stereocenters. The van der Waals surface area contributed by atoms with Crippen molar-refractivity contribution in [3.8, 4) is 0 Å². The summed E-state index contributed by atoms with van der Waals surface area (Å²) >= 11 is 0. The molecule has 3 heterocycles. The largest absolute Gasteiger partial charge is 0.467 e. The summed E-state index contributed by atoms with van der Waals surface area (Å²) in [4.78, 5) is 20.9. The molecule has 0 radical (unpaired) electrons. The minimum absolute atomic E-state index is 0.121. The lowest BCUT2D eigenvalue weighted by Crippen LogP contribution is -2.30. The lowest BCUT2D eigenvalue weighted by molar-refractivity contribution is -0.189. The Morgan fingerprint density at radius 1 is 1.45 bits per heavy atom. The number of fused-ring (bicyclic) bond motifs is 5. The van der Waals surface area contributed by atoms with Crippen LogP contribution in [0.4, 0.5) is 0 Å². The zero-order valence-electron chi connectivity index (χ0n) is 11.3. The molecule has 2 aliphatic rings. The van der Waals surface area contributed by atoms with Gasteiger partial charge in [-0.25, -0.2) is 4.79 Å². The van der Waals surface area contributed by atoms with Crippen LogP contribution in [0.15, 0.2) is 24.3 Å². The SMILES string of the molecule is COC(=O)[C@H]1C[C@@H]2c3[nH]c4ccccc4c3CCN2O1. The zero-order valence-corrected chi connectivity index (χ0v) is 11.3. The number of methoxy groups -OCH3 is 1. The maximum absolute atomic E-state index is 11.7. The third-order valence-corrected chi connectivity index (χ3v) is 4.27. The highest BCUT2D eigenvalue weighted by atomic mass is 16.7. The van der Waals surface area contributed by atoms with E-state index in [1.807, 2.05) is 11.1 Å². The summed E-state index contributed by atoms with van der Waals surface area (Å²) in [6.07, 6.45) is 1.10. The number of benzene rings is 1. The van der Waals surface area contributed by atoms with Crippen molar-refractivity contribution in [1.82, 2.24) is 10.0 Å². The molecule has 2 aliphatic heterocycles. The number of aromatic nitrogens is 1. The molecule has 1 aromatic heterocycles. The fourth-order valence-corrected chi connectivity index (χ4v) is 3.34. The number of nitrogens with one attached hydrogen (secondary N) is 1. The number of para-hydroxylation sites is 1. The van der Waals surface area contributed by atoms with Crippen LogP contribution in [-0.4, -0.2) is 35.8 Å². The van der Waals surface area contributed by atoms with E-state index >= 15 is 0 Å². The standard InChI is InChI=1S/C15H16N2O3/c1-19-15(18)13-8-12-14-10(6-7-17(12)20-13)9-4-2-3-5-11(9)16-14/h2-5,12-13,16H,6-8H2,1H3/t12-,13-/m1/s1. The highest BCUT2D eigenvalue weighted by Gasteiger charge is 2.42. The minimum atomic E-state index is -0.484. The molecule has 0 unspecified atom stereocenters. The molecule has 0 aliphatic carbocycles. The third-order valence-electron chi connectivity index (χ3n) is 4.27. The van der Waals surface area contributed by atoms with Gasteiger partial charge in [0.15, 0.2) is 6.10 Å². The summed E-state index contributed by atoms with van der Waals surface area (Å²) in [7, 11) is 1.40. The van der Waals surface area contributed by atoms with Crippen molar-refractivity contribution in [1.29, 1.82) is 0 Å². The van der Waals surface area contributed by atoms with E-state index in [1.54, 1.807) is 0 Å². The van der Waals surface area contributed by atoms with E-state index in [4.69, 9.17) is 9.57 Å². The number of aromatic amines is 1. The first-order chi connectivity index (χ1) is 9.78. The Morgan fingerprint density at radius 2 is 2.30 bits per heavy atom. The van der Waals surface area contributed by atoms with Crippen LogP contribution in [0.5, 0.6) is 0 Å². The van der Waals surface area contributed by atoms with Crippen molar-refractivity contribution in [2.45, 2.75) is 25.0 Å². The lowest BCUT2D eigenvalue weighted by atomic mass is 9.96. The van der Waals surface area contributed by atoms with E-state index in [1.165, 1.54) is 23.8 Å². The Balaban J connectivity index is 1.74. The lowest BCUT2D eigenvalue weighted by Gasteiger charge is -2.27. The molecule has 1 fully saturated rings. The second-order valence-electron chi connectivity index (χ2n) is 5.32. The molecule has 0 spiro atoms. The fourth-order valence-electron chi connectivity index (χ4n) is 3.34. The predicted molar refractivity (Wildman–Crippen MR) is 73.0 cm³/mol. The van der Waals surface area contributed by atoms with Crippen LogP contribution in [0, 0.1) is 0 Å². The number of hydrogen-bond donors (Lipinski definition) is 1. The van der Waals surface area contributed by atoms with E-state index in [0.717, 1.165) is 18.5 Å². The van der Waals surface area contributed by atoms with Crippen molar-refractivity contribution in [2.24, 2.45) is 0 Å². The molecule has 1 saturated heterocycles. The Bertz CT molecular complexity index is 679. The van der Waals surface area contributed by atoms with Gasteiger partial charge in [0.2, 0.25) is 0 Å². The number of ether oxygens (including phenoxy) is 1. The summed E-state index contributed by atoms with van der Waals surface area (Å²) < 4.78 is 4.79. The third kappa shape index (κ3) is 1.60. The van der Waals surface area contributed by atoms with E-state index in [0.29, 0.717) is 6.42 Å². The predicted octanol–water partition coefficient (Wildman–Crippen LogP) is 1.94. The highest BCUT2D eigenvalue weighted by Crippen LogP contribution is 2.41. The van der Waals surface area contributed by atoms with Crippen molar-refractivity contribution < 1.29 is 14.4 Å². The summed E-state index contributed by atoms with van der Waals surface area (Å²) in [5, 5.41) is 3.20. The molecule has 4 rings (SSSR count). The molecule has 0 saturated carbocycles. The minimum Gasteiger partial charge on any atom is -0.467 e. The second-order valence-corrected chi connectivity index (χ2v) is 5.32. The summed E-state index contributed by atoms with van der Waals surface area (Å²) in [5.74, 6) is -0.294. The smallest absolute Gasteiger partial charge is 0.337 e. The molecule has 1 N–H and O–H groups in total. The van der Waals surface area contributed by atoms with E-state index in [2.05, 4.69) is 23.2 Å². The highest BCUT2D eigenvalue weighted by molar-refractivity contribution is 5.85. The van der Waals surface area contributed by atoms with Gasteiger partial charge in [-0.15, -0.1) is 0 Å². The topological polar surface area (TPSA) is 54.6 Å². The first-order valence-corrected chi connectivity index (χ1v) is 6.88. The van der Waals surface area contributed by atoms with Crippen molar-refractivity contribution in [3.05, 3.63) is 35.5 Å². The molecule has 20 heavy (non-hydrogen) atoms. The Labute approximate surface area is 116 Å². The summed E-state index contributed by atoms with van der Waals surface area (Å²) in [6, 6.07) is 8.45. The van der Waals surface area contributed by atoms with Crippen LogP contribution in [0.3, 0.4) is 0 Å². The Morgan fingerprint density at radius 3 is 3.15 bits per heavy atom. The molecular weight excluding hydrogens is 256 g/mol. The average Bonchev–Trinajstić information content (AvgIpc) is 3.07. The monoisotopic (exact) mass is 272 g/mol. The van der Waals surface area contributed by atoms with Crippen LogP contribution < -0.4 is 0 Å². The van der Waals surface area contributed by atoms with E-state index < -0.39 is 6.10 Å². The number of hydrogen-bond acceptors (Lipinski definition) is 4. The number of esters is 1.